The molecular formula is C29H33NO6. The van der Waals surface area contributed by atoms with Crippen molar-refractivity contribution in [2.24, 2.45) is 0 Å². The predicted molar refractivity (Wildman–Crippen MR) is 137 cm³/mol. The smallest absolute Gasteiger partial charge is 0.320 e. The molecule has 1 fully saturated rings. The molecule has 1 N–H and O–H groups in total. The molecule has 3 aromatic carbocycles. The molecule has 3 aromatic rings. The Morgan fingerprint density at radius 1 is 0.917 bits per heavy atom. The molecule has 0 radical (unpaired) electrons. The van der Waals surface area contributed by atoms with E-state index in [1.165, 1.54) is 0 Å². The number of hydrogen-bond donors (Lipinski definition) is 1. The van der Waals surface area contributed by atoms with Crippen LogP contribution in [0.1, 0.15) is 42.0 Å². The number of likely N-dealkylation sites (tertiary alicyclic amines) is 1. The standard InChI is InChI=1S/C29H33NO6/c1-33-25-17-22(18-26(34-2)28(25)35-3)27(30-15-8-7-14-24(30)29(31)32)21-12-9-13-23(16-21)36-19-20-10-5-4-6-11-20/h4-6,9-13,16-18,24,27H,7-8,14-15,19H2,1-3H3,(H,31,32). The second-order valence-electron chi connectivity index (χ2n) is 8.80. The fraction of sp³-hybridized carbons (Fsp3) is 0.345. The molecule has 7 nitrogen and oxygen atoms in total. The van der Waals surface area contributed by atoms with Crippen molar-refractivity contribution in [1.82, 2.24) is 4.90 Å². The van der Waals surface area contributed by atoms with E-state index in [-0.39, 0.29) is 6.04 Å². The minimum atomic E-state index is -0.816. The molecule has 0 aromatic heterocycles. The van der Waals surface area contributed by atoms with Gasteiger partial charge >= 0.3 is 5.97 Å². The van der Waals surface area contributed by atoms with Gasteiger partial charge in [-0.2, -0.15) is 0 Å². The van der Waals surface area contributed by atoms with Crippen LogP contribution < -0.4 is 18.9 Å². The Kier molecular flexibility index (Phi) is 8.33. The highest BCUT2D eigenvalue weighted by Crippen LogP contribution is 2.44. The van der Waals surface area contributed by atoms with Gasteiger partial charge in [0.2, 0.25) is 5.75 Å². The summed E-state index contributed by atoms with van der Waals surface area (Å²) in [6.45, 7) is 1.11. The lowest BCUT2D eigenvalue weighted by Gasteiger charge is -2.40. The van der Waals surface area contributed by atoms with Gasteiger partial charge in [0, 0.05) is 0 Å². The Labute approximate surface area is 212 Å². The average Bonchev–Trinajstić information content (AvgIpc) is 2.92. The van der Waals surface area contributed by atoms with E-state index >= 15 is 0 Å². The SMILES string of the molecule is COc1cc(C(c2cccc(OCc3ccccc3)c2)N2CCCCC2C(=O)O)cc(OC)c1OC. The number of carbonyl (C=O) groups is 1. The van der Waals surface area contributed by atoms with Crippen molar-refractivity contribution in [3.8, 4) is 23.0 Å². The largest absolute Gasteiger partial charge is 0.493 e. The van der Waals surface area contributed by atoms with Gasteiger partial charge in [0.25, 0.3) is 0 Å². The van der Waals surface area contributed by atoms with E-state index in [0.29, 0.717) is 36.8 Å². The lowest BCUT2D eigenvalue weighted by molar-refractivity contribution is -0.145. The van der Waals surface area contributed by atoms with Gasteiger partial charge in [-0.1, -0.05) is 48.9 Å². The van der Waals surface area contributed by atoms with Crippen LogP contribution in [-0.4, -0.2) is 49.9 Å². The van der Waals surface area contributed by atoms with Crippen molar-refractivity contribution in [3.05, 3.63) is 83.4 Å². The summed E-state index contributed by atoms with van der Waals surface area (Å²) in [6.07, 6.45) is 2.41. The predicted octanol–water partition coefficient (Wildman–Crippen LogP) is 5.32. The number of rotatable bonds is 10. The van der Waals surface area contributed by atoms with Crippen molar-refractivity contribution in [3.63, 3.8) is 0 Å². The zero-order chi connectivity index (χ0) is 25.5. The molecule has 1 aliphatic rings. The molecule has 0 saturated carbocycles. The number of carboxylic acids is 1. The summed E-state index contributed by atoms with van der Waals surface area (Å²) in [4.78, 5) is 14.3. The number of ether oxygens (including phenoxy) is 4. The van der Waals surface area contributed by atoms with Gasteiger partial charge in [-0.15, -0.1) is 0 Å². The van der Waals surface area contributed by atoms with Crippen LogP contribution in [0.3, 0.4) is 0 Å². The summed E-state index contributed by atoms with van der Waals surface area (Å²) in [5.41, 5.74) is 2.87. The van der Waals surface area contributed by atoms with Gasteiger partial charge in [0.05, 0.1) is 27.4 Å². The highest BCUT2D eigenvalue weighted by molar-refractivity contribution is 5.74. The van der Waals surface area contributed by atoms with E-state index in [9.17, 15) is 9.90 Å². The van der Waals surface area contributed by atoms with Crippen LogP contribution in [0.15, 0.2) is 66.7 Å². The zero-order valence-corrected chi connectivity index (χ0v) is 21.0. The average molecular weight is 492 g/mol. The second-order valence-corrected chi connectivity index (χ2v) is 8.80. The van der Waals surface area contributed by atoms with Gasteiger partial charge in [0.1, 0.15) is 18.4 Å². The third-order valence-electron chi connectivity index (χ3n) is 6.59. The van der Waals surface area contributed by atoms with E-state index in [4.69, 9.17) is 18.9 Å². The third kappa shape index (κ3) is 5.57. The molecule has 190 valence electrons. The first-order chi connectivity index (χ1) is 17.5. The number of methoxy groups -OCH3 is 3. The molecule has 1 heterocycles. The molecule has 1 aliphatic heterocycles. The molecular weight excluding hydrogens is 458 g/mol. The maximum absolute atomic E-state index is 12.3. The highest BCUT2D eigenvalue weighted by atomic mass is 16.5. The lowest BCUT2D eigenvalue weighted by atomic mass is 9.91. The van der Waals surface area contributed by atoms with Crippen molar-refractivity contribution in [2.45, 2.75) is 38.0 Å². The van der Waals surface area contributed by atoms with Crippen molar-refractivity contribution < 1.29 is 28.8 Å². The minimum absolute atomic E-state index is 0.347. The monoisotopic (exact) mass is 491 g/mol. The van der Waals surface area contributed by atoms with Gasteiger partial charge < -0.3 is 24.1 Å². The zero-order valence-electron chi connectivity index (χ0n) is 21.0. The molecule has 2 atom stereocenters. The Hall–Kier alpha value is -3.71. The molecule has 0 bridgehead atoms. The van der Waals surface area contributed by atoms with Gasteiger partial charge in [-0.3, -0.25) is 9.69 Å². The normalized spacial score (nSPS) is 16.7. The maximum atomic E-state index is 12.3. The van der Waals surface area contributed by atoms with Crippen LogP contribution >= 0.6 is 0 Å². The van der Waals surface area contributed by atoms with Gasteiger partial charge in [0.15, 0.2) is 11.5 Å². The summed E-state index contributed by atoms with van der Waals surface area (Å²) in [5, 5.41) is 10.1. The van der Waals surface area contributed by atoms with Crippen molar-refractivity contribution in [1.29, 1.82) is 0 Å². The van der Waals surface area contributed by atoms with E-state index < -0.39 is 12.0 Å². The number of hydrogen-bond acceptors (Lipinski definition) is 6. The van der Waals surface area contributed by atoms with Crippen molar-refractivity contribution in [2.75, 3.05) is 27.9 Å². The summed E-state index contributed by atoms with van der Waals surface area (Å²) in [6, 6.07) is 20.7. The number of nitrogens with zero attached hydrogens (tertiary/aromatic N) is 1. The fourth-order valence-electron chi connectivity index (χ4n) is 4.88. The van der Waals surface area contributed by atoms with Crippen LogP contribution in [0.4, 0.5) is 0 Å². The van der Waals surface area contributed by atoms with E-state index in [2.05, 4.69) is 4.90 Å². The number of benzene rings is 3. The molecule has 1 saturated heterocycles. The summed E-state index contributed by atoms with van der Waals surface area (Å²) in [5.74, 6) is 1.45. The van der Waals surface area contributed by atoms with E-state index in [1.807, 2.05) is 66.7 Å². The summed E-state index contributed by atoms with van der Waals surface area (Å²) < 4.78 is 22.8. The molecule has 0 amide bonds. The quantitative estimate of drug-likeness (QED) is 0.411. The Morgan fingerprint density at radius 2 is 1.64 bits per heavy atom. The van der Waals surface area contributed by atoms with E-state index in [0.717, 1.165) is 35.3 Å². The lowest BCUT2D eigenvalue weighted by Crippen LogP contribution is -2.46. The maximum Gasteiger partial charge on any atom is 0.320 e. The first-order valence-corrected chi connectivity index (χ1v) is 12.1. The Morgan fingerprint density at radius 3 is 2.28 bits per heavy atom. The summed E-state index contributed by atoms with van der Waals surface area (Å²) in [7, 11) is 4.72. The highest BCUT2D eigenvalue weighted by Gasteiger charge is 2.36. The number of carboxylic acid groups (broad SMARTS) is 1. The van der Waals surface area contributed by atoms with Crippen LogP contribution in [0, 0.1) is 0 Å². The van der Waals surface area contributed by atoms with Crippen LogP contribution in [0.5, 0.6) is 23.0 Å². The number of aliphatic carboxylic acids is 1. The Bertz CT molecular complexity index is 1140. The molecule has 36 heavy (non-hydrogen) atoms. The molecule has 0 aliphatic carbocycles. The minimum Gasteiger partial charge on any atom is -0.493 e. The molecule has 7 heteroatoms. The van der Waals surface area contributed by atoms with Crippen molar-refractivity contribution >= 4 is 5.97 Å². The topological polar surface area (TPSA) is 77.5 Å². The molecule has 0 spiro atoms. The van der Waals surface area contributed by atoms with Crippen LogP contribution in [0.25, 0.3) is 0 Å². The first-order valence-electron chi connectivity index (χ1n) is 12.1. The number of piperidine rings is 1. The summed E-state index contributed by atoms with van der Waals surface area (Å²) >= 11 is 0. The Balaban J connectivity index is 1.77. The first kappa shape index (κ1) is 25.4. The van der Waals surface area contributed by atoms with Crippen LogP contribution in [0.2, 0.25) is 0 Å². The van der Waals surface area contributed by atoms with Gasteiger partial charge in [-0.25, -0.2) is 0 Å². The van der Waals surface area contributed by atoms with Crippen LogP contribution in [-0.2, 0) is 11.4 Å². The molecule has 4 rings (SSSR count). The fourth-order valence-corrected chi connectivity index (χ4v) is 4.88. The van der Waals surface area contributed by atoms with Gasteiger partial charge in [-0.05, 0) is 60.3 Å². The second kappa shape index (κ2) is 11.8. The third-order valence-corrected chi connectivity index (χ3v) is 6.59. The molecule has 2 unspecified atom stereocenters. The van der Waals surface area contributed by atoms with E-state index in [1.54, 1.807) is 21.3 Å².